The Hall–Kier alpha value is -3.95. The number of benzene rings is 3. The number of aliphatic hydroxyl groups excluding tert-OH is 1. The van der Waals surface area contributed by atoms with Crippen LogP contribution >= 0.6 is 0 Å². The fourth-order valence-corrected chi connectivity index (χ4v) is 4.63. The molecule has 3 aromatic rings. The highest BCUT2D eigenvalue weighted by Crippen LogP contribution is 2.23. The molecule has 204 valence electrons. The largest absolute Gasteiger partial charge is 0.390 e. The number of amides is 3. The van der Waals surface area contributed by atoms with Gasteiger partial charge in [-0.2, -0.15) is 0 Å². The van der Waals surface area contributed by atoms with Crippen LogP contribution in [0.15, 0.2) is 66.7 Å². The molecule has 3 amide bonds. The number of nitrogens with one attached hydrogen (secondary N) is 2. The molecule has 0 radical (unpaired) electrons. The molecular formula is C30H31F2N3O4. The molecule has 9 heteroatoms. The minimum absolute atomic E-state index is 0.0304. The van der Waals surface area contributed by atoms with Gasteiger partial charge in [0.05, 0.1) is 17.8 Å². The second kappa shape index (κ2) is 12.7. The van der Waals surface area contributed by atoms with Crippen molar-refractivity contribution in [2.45, 2.75) is 51.3 Å². The minimum atomic E-state index is -1.10. The molecule has 0 bridgehead atoms. The van der Waals surface area contributed by atoms with Gasteiger partial charge in [-0.05, 0) is 59.9 Å². The highest BCUT2D eigenvalue weighted by Gasteiger charge is 2.31. The molecule has 1 saturated heterocycles. The molecule has 3 aromatic carbocycles. The van der Waals surface area contributed by atoms with Gasteiger partial charge >= 0.3 is 0 Å². The number of anilines is 1. The first-order chi connectivity index (χ1) is 18.7. The highest BCUT2D eigenvalue weighted by molar-refractivity contribution is 6.20. The van der Waals surface area contributed by atoms with E-state index in [0.29, 0.717) is 6.54 Å². The summed E-state index contributed by atoms with van der Waals surface area (Å²) < 4.78 is 27.7. The lowest BCUT2D eigenvalue weighted by atomic mass is 10.00. The molecule has 0 saturated carbocycles. The lowest BCUT2D eigenvalue weighted by Gasteiger charge is -2.25. The Balaban J connectivity index is 1.49. The minimum Gasteiger partial charge on any atom is -0.390 e. The van der Waals surface area contributed by atoms with E-state index in [1.165, 1.54) is 17.7 Å². The van der Waals surface area contributed by atoms with Crippen molar-refractivity contribution in [2.24, 2.45) is 0 Å². The van der Waals surface area contributed by atoms with Crippen LogP contribution < -0.4 is 15.5 Å². The van der Waals surface area contributed by atoms with Gasteiger partial charge in [0.1, 0.15) is 11.6 Å². The van der Waals surface area contributed by atoms with E-state index in [4.69, 9.17) is 0 Å². The quantitative estimate of drug-likeness (QED) is 0.326. The Morgan fingerprint density at radius 3 is 2.28 bits per heavy atom. The van der Waals surface area contributed by atoms with Crippen molar-refractivity contribution in [3.8, 4) is 0 Å². The number of aliphatic hydroxyl groups is 1. The van der Waals surface area contributed by atoms with Gasteiger partial charge in [-0.1, -0.05) is 37.3 Å². The van der Waals surface area contributed by atoms with Crippen LogP contribution in [0.1, 0.15) is 46.8 Å². The Bertz CT molecular complexity index is 1330. The molecule has 0 aromatic heterocycles. The van der Waals surface area contributed by atoms with E-state index in [1.54, 1.807) is 12.1 Å². The first-order valence-electron chi connectivity index (χ1n) is 12.9. The average molecular weight is 536 g/mol. The maximum Gasteiger partial charge on any atom is 0.251 e. The van der Waals surface area contributed by atoms with Crippen molar-refractivity contribution < 1.29 is 28.3 Å². The van der Waals surface area contributed by atoms with E-state index >= 15 is 0 Å². The summed E-state index contributed by atoms with van der Waals surface area (Å²) in [5, 5.41) is 17.0. The van der Waals surface area contributed by atoms with Crippen LogP contribution in [0.5, 0.6) is 0 Å². The van der Waals surface area contributed by atoms with Crippen LogP contribution in [-0.4, -0.2) is 41.5 Å². The molecule has 1 fully saturated rings. The van der Waals surface area contributed by atoms with Gasteiger partial charge in [0, 0.05) is 37.6 Å². The van der Waals surface area contributed by atoms with Crippen LogP contribution in [0.25, 0.3) is 0 Å². The molecule has 0 spiro atoms. The summed E-state index contributed by atoms with van der Waals surface area (Å²) in [5.74, 6) is -2.76. The van der Waals surface area contributed by atoms with E-state index in [1.807, 2.05) is 18.2 Å². The normalized spacial score (nSPS) is 14.9. The Morgan fingerprint density at radius 1 is 0.923 bits per heavy atom. The Kier molecular flexibility index (Phi) is 9.16. The Labute approximate surface area is 225 Å². The molecule has 0 aliphatic carbocycles. The zero-order chi connectivity index (χ0) is 27.9. The van der Waals surface area contributed by atoms with Crippen LogP contribution in [0, 0.1) is 11.6 Å². The van der Waals surface area contributed by atoms with E-state index in [-0.39, 0.29) is 54.4 Å². The standard InChI is InChI=1S/C30H31F2N3O4/c1-2-19-5-3-6-20(11-19)17-33-18-27(36)26(14-21-12-23(31)16-24(32)13-21)34-30(39)22-7-4-8-25(15-22)35-28(37)9-10-29(35)38/h3-8,11-13,15-16,26-27,33,36H,2,9-10,14,17-18H2,1H3,(H,34,39)/t26-,27+/m0/s1. The number of aryl methyl sites for hydroxylation is 1. The first kappa shape index (κ1) is 28.1. The second-order valence-electron chi connectivity index (χ2n) is 9.61. The number of nitrogens with zero attached hydrogens (tertiary/aromatic N) is 1. The monoisotopic (exact) mass is 535 g/mol. The van der Waals surface area contributed by atoms with E-state index in [9.17, 15) is 28.3 Å². The molecule has 1 aliphatic rings. The van der Waals surface area contributed by atoms with Gasteiger partial charge < -0.3 is 15.7 Å². The molecule has 1 aliphatic heterocycles. The third kappa shape index (κ3) is 7.34. The van der Waals surface area contributed by atoms with Crippen LogP contribution in [-0.2, 0) is 29.0 Å². The van der Waals surface area contributed by atoms with E-state index in [0.717, 1.165) is 35.1 Å². The third-order valence-electron chi connectivity index (χ3n) is 6.66. The fraction of sp³-hybridized carbons (Fsp3) is 0.300. The summed E-state index contributed by atoms with van der Waals surface area (Å²) in [5.41, 5.74) is 2.96. The van der Waals surface area contributed by atoms with Crippen LogP contribution in [0.3, 0.4) is 0 Å². The van der Waals surface area contributed by atoms with Crippen molar-refractivity contribution in [3.05, 3.63) is 101 Å². The summed E-state index contributed by atoms with van der Waals surface area (Å²) in [4.78, 5) is 38.5. The number of rotatable bonds is 11. The van der Waals surface area contributed by atoms with Gasteiger partial charge in [-0.15, -0.1) is 0 Å². The molecule has 3 N–H and O–H groups in total. The van der Waals surface area contributed by atoms with Crippen LogP contribution in [0.4, 0.5) is 14.5 Å². The van der Waals surface area contributed by atoms with Crippen molar-refractivity contribution in [2.75, 3.05) is 11.4 Å². The van der Waals surface area contributed by atoms with Gasteiger partial charge in [0.2, 0.25) is 11.8 Å². The fourth-order valence-electron chi connectivity index (χ4n) is 4.63. The van der Waals surface area contributed by atoms with Crippen molar-refractivity contribution in [1.82, 2.24) is 10.6 Å². The zero-order valence-electron chi connectivity index (χ0n) is 21.6. The smallest absolute Gasteiger partial charge is 0.251 e. The third-order valence-corrected chi connectivity index (χ3v) is 6.66. The van der Waals surface area contributed by atoms with E-state index < -0.39 is 29.7 Å². The number of hydrogen-bond acceptors (Lipinski definition) is 5. The highest BCUT2D eigenvalue weighted by atomic mass is 19.1. The second-order valence-corrected chi connectivity index (χ2v) is 9.61. The number of imide groups is 1. The molecule has 39 heavy (non-hydrogen) atoms. The summed E-state index contributed by atoms with van der Waals surface area (Å²) in [6.07, 6.45) is -0.0000785. The summed E-state index contributed by atoms with van der Waals surface area (Å²) in [7, 11) is 0. The predicted octanol–water partition coefficient (Wildman–Crippen LogP) is 3.67. The number of hydrogen-bond donors (Lipinski definition) is 3. The van der Waals surface area contributed by atoms with Gasteiger partial charge in [0.15, 0.2) is 0 Å². The lowest BCUT2D eigenvalue weighted by molar-refractivity contribution is -0.121. The zero-order valence-corrected chi connectivity index (χ0v) is 21.6. The molecule has 0 unspecified atom stereocenters. The SMILES string of the molecule is CCc1cccc(CNC[C@@H](O)[C@H](Cc2cc(F)cc(F)c2)NC(=O)c2cccc(N3C(=O)CCC3=O)c2)c1. The maximum absolute atomic E-state index is 13.9. The summed E-state index contributed by atoms with van der Waals surface area (Å²) >= 11 is 0. The lowest BCUT2D eigenvalue weighted by Crippen LogP contribution is -2.48. The van der Waals surface area contributed by atoms with Gasteiger partial charge in [0.25, 0.3) is 5.91 Å². The van der Waals surface area contributed by atoms with Crippen LogP contribution in [0.2, 0.25) is 0 Å². The Morgan fingerprint density at radius 2 is 1.59 bits per heavy atom. The van der Waals surface area contributed by atoms with E-state index in [2.05, 4.69) is 23.6 Å². The van der Waals surface area contributed by atoms with Crippen molar-refractivity contribution in [3.63, 3.8) is 0 Å². The maximum atomic E-state index is 13.9. The number of carbonyl (C=O) groups excluding carboxylic acids is 3. The van der Waals surface area contributed by atoms with Gasteiger partial charge in [-0.3, -0.25) is 19.3 Å². The molecule has 4 rings (SSSR count). The van der Waals surface area contributed by atoms with Crippen molar-refractivity contribution >= 4 is 23.4 Å². The number of carbonyl (C=O) groups is 3. The molecule has 2 atom stereocenters. The van der Waals surface area contributed by atoms with Gasteiger partial charge in [-0.25, -0.2) is 8.78 Å². The molecular weight excluding hydrogens is 504 g/mol. The van der Waals surface area contributed by atoms with Crippen molar-refractivity contribution in [1.29, 1.82) is 0 Å². The topological polar surface area (TPSA) is 98.7 Å². The number of halogens is 2. The summed E-state index contributed by atoms with van der Waals surface area (Å²) in [6, 6.07) is 16.3. The summed E-state index contributed by atoms with van der Waals surface area (Å²) in [6.45, 7) is 2.66. The molecule has 1 heterocycles. The first-order valence-corrected chi connectivity index (χ1v) is 12.9. The average Bonchev–Trinajstić information content (AvgIpc) is 3.25. The predicted molar refractivity (Wildman–Crippen MR) is 143 cm³/mol. The molecule has 7 nitrogen and oxygen atoms in total.